The van der Waals surface area contributed by atoms with Crippen LogP contribution in [0.15, 0.2) is 72.1 Å². The van der Waals surface area contributed by atoms with Crippen molar-refractivity contribution in [2.45, 2.75) is 39.3 Å². The highest BCUT2D eigenvalue weighted by Crippen LogP contribution is 2.43. The third kappa shape index (κ3) is 6.12. The highest BCUT2D eigenvalue weighted by Gasteiger charge is 2.51. The summed E-state index contributed by atoms with van der Waals surface area (Å²) >= 11 is 0. The highest BCUT2D eigenvalue weighted by atomic mass is 16.5. The fourth-order valence-electron chi connectivity index (χ4n) is 7.76. The lowest BCUT2D eigenvalue weighted by molar-refractivity contribution is -0.133. The molecule has 1 unspecified atom stereocenters. The van der Waals surface area contributed by atoms with Gasteiger partial charge >= 0.3 is 0 Å². The largest absolute Gasteiger partial charge is 0.475 e. The molecule has 2 amide bonds. The Bertz CT molecular complexity index is 1930. The first kappa shape index (κ1) is 32.1. The first-order valence-electron chi connectivity index (χ1n) is 17.6. The Balaban J connectivity index is 0.858. The smallest absolute Gasteiger partial charge is 0.236 e. The van der Waals surface area contributed by atoms with E-state index in [0.29, 0.717) is 51.0 Å². The molecular formula is C38H43N9O3. The molecule has 1 spiro atoms. The molecule has 4 aromatic rings. The van der Waals surface area contributed by atoms with Crippen LogP contribution in [0.2, 0.25) is 0 Å². The van der Waals surface area contributed by atoms with Crippen LogP contribution in [-0.4, -0.2) is 106 Å². The SMILES string of the molecule is CC(C)Oc1ccc(C2=NCc3ccc(N4CCC5(CCN(CC(=O)N6CCN(c7ccc(-c8ncn(C)n8)cc7)CC6)C5)C4=O)cc32)cn1. The highest BCUT2D eigenvalue weighted by molar-refractivity contribution is 6.16. The van der Waals surface area contributed by atoms with Crippen LogP contribution in [0.5, 0.6) is 5.88 Å². The van der Waals surface area contributed by atoms with Crippen LogP contribution in [-0.2, 0) is 23.2 Å². The maximum Gasteiger partial charge on any atom is 0.236 e. The lowest BCUT2D eigenvalue weighted by atomic mass is 9.85. The summed E-state index contributed by atoms with van der Waals surface area (Å²) in [5, 5.41) is 4.38. The zero-order valence-corrected chi connectivity index (χ0v) is 29.0. The van der Waals surface area contributed by atoms with Crippen molar-refractivity contribution in [2.75, 3.05) is 62.2 Å². The van der Waals surface area contributed by atoms with Gasteiger partial charge in [0.15, 0.2) is 5.82 Å². The van der Waals surface area contributed by atoms with Crippen molar-refractivity contribution in [3.63, 3.8) is 0 Å². The first-order valence-corrected chi connectivity index (χ1v) is 17.6. The van der Waals surface area contributed by atoms with Gasteiger partial charge in [0.1, 0.15) is 6.33 Å². The van der Waals surface area contributed by atoms with Gasteiger partial charge in [-0.3, -0.25) is 24.2 Å². The summed E-state index contributed by atoms with van der Waals surface area (Å²) in [7, 11) is 1.86. The predicted octanol–water partition coefficient (Wildman–Crippen LogP) is 3.79. The van der Waals surface area contributed by atoms with Crippen LogP contribution in [0.3, 0.4) is 0 Å². The second-order valence-corrected chi connectivity index (χ2v) is 14.2. The Labute approximate surface area is 292 Å². The normalized spacial score (nSPS) is 20.7. The summed E-state index contributed by atoms with van der Waals surface area (Å²) < 4.78 is 7.41. The van der Waals surface area contributed by atoms with E-state index in [4.69, 9.17) is 9.73 Å². The van der Waals surface area contributed by atoms with Crippen molar-refractivity contribution in [2.24, 2.45) is 17.5 Å². The number of benzene rings is 2. The number of fused-ring (bicyclic) bond motifs is 1. The number of hydrogen-bond donors (Lipinski definition) is 0. The van der Waals surface area contributed by atoms with E-state index in [1.165, 1.54) is 0 Å². The lowest BCUT2D eigenvalue weighted by Gasteiger charge is -2.37. The molecule has 12 heteroatoms. The predicted molar refractivity (Wildman–Crippen MR) is 191 cm³/mol. The van der Waals surface area contributed by atoms with Crippen LogP contribution in [0.1, 0.15) is 43.4 Å². The summed E-state index contributed by atoms with van der Waals surface area (Å²) in [6.45, 7) is 9.92. The number of likely N-dealkylation sites (tertiary alicyclic amines) is 1. The molecule has 258 valence electrons. The summed E-state index contributed by atoms with van der Waals surface area (Å²) in [5.41, 5.74) is 6.62. The number of carbonyl (C=O) groups excluding carboxylic acids is 2. The van der Waals surface area contributed by atoms with Gasteiger partial charge in [-0.25, -0.2) is 9.97 Å². The van der Waals surface area contributed by atoms with Crippen LogP contribution in [0, 0.1) is 5.41 Å². The van der Waals surface area contributed by atoms with Gasteiger partial charge in [-0.2, -0.15) is 5.10 Å². The summed E-state index contributed by atoms with van der Waals surface area (Å²) in [6.07, 6.45) is 5.14. The standard InChI is InChI=1S/C38H43N9O3/c1-26(2)50-33-11-7-29(22-39-33)35-32-20-31(10-6-28(32)21-40-35)47-15-13-38(37(47)49)12-14-44(24-38)23-34(48)46-18-16-45(17-19-46)30-8-4-27(5-9-30)36-41-25-43(3)42-36/h4-11,20,22,25-26H,12-19,21,23-24H2,1-3H3. The topological polar surface area (TPSA) is 112 Å². The Morgan fingerprint density at radius 1 is 0.900 bits per heavy atom. The fraction of sp³-hybridized carbons (Fsp3) is 0.421. The number of aliphatic imine (C=N–C) groups is 1. The Morgan fingerprint density at radius 3 is 2.38 bits per heavy atom. The van der Waals surface area contributed by atoms with Gasteiger partial charge in [-0.1, -0.05) is 6.07 Å². The third-order valence-corrected chi connectivity index (χ3v) is 10.5. The molecule has 8 rings (SSSR count). The molecule has 12 nitrogen and oxygen atoms in total. The molecule has 0 aliphatic carbocycles. The molecule has 4 aliphatic heterocycles. The Kier molecular flexibility index (Phi) is 8.34. The molecule has 0 N–H and O–H groups in total. The molecule has 6 heterocycles. The van der Waals surface area contributed by atoms with E-state index in [-0.39, 0.29) is 17.9 Å². The van der Waals surface area contributed by atoms with Crippen LogP contribution in [0.4, 0.5) is 11.4 Å². The van der Waals surface area contributed by atoms with Gasteiger partial charge in [0, 0.05) is 86.6 Å². The number of nitrogens with zero attached hydrogens (tertiary/aromatic N) is 9. The van der Waals surface area contributed by atoms with Gasteiger partial charge in [0.25, 0.3) is 0 Å². The van der Waals surface area contributed by atoms with E-state index in [9.17, 15) is 9.59 Å². The summed E-state index contributed by atoms with van der Waals surface area (Å²) in [4.78, 5) is 49.5. The molecule has 0 radical (unpaired) electrons. The second kappa shape index (κ2) is 13.0. The fourth-order valence-corrected chi connectivity index (χ4v) is 7.76. The van der Waals surface area contributed by atoms with E-state index in [0.717, 1.165) is 71.8 Å². The Morgan fingerprint density at radius 2 is 1.66 bits per heavy atom. The minimum atomic E-state index is -0.442. The number of hydrogen-bond acceptors (Lipinski definition) is 9. The van der Waals surface area contributed by atoms with E-state index < -0.39 is 5.41 Å². The molecule has 0 bridgehead atoms. The minimum Gasteiger partial charge on any atom is -0.475 e. The zero-order valence-electron chi connectivity index (χ0n) is 29.0. The summed E-state index contributed by atoms with van der Waals surface area (Å²) in [6, 6.07) is 18.4. The molecular weight excluding hydrogens is 630 g/mol. The van der Waals surface area contributed by atoms with Gasteiger partial charge in [-0.15, -0.1) is 0 Å². The van der Waals surface area contributed by atoms with Crippen LogP contribution in [0.25, 0.3) is 11.4 Å². The number of aryl methyl sites for hydroxylation is 1. The number of pyridine rings is 1. The van der Waals surface area contributed by atoms with Gasteiger partial charge < -0.3 is 19.4 Å². The average Bonchev–Trinajstić information content (AvgIpc) is 3.92. The minimum absolute atomic E-state index is 0.0583. The lowest BCUT2D eigenvalue weighted by Crippen LogP contribution is -2.51. The van der Waals surface area contributed by atoms with E-state index in [1.54, 1.807) is 11.0 Å². The van der Waals surface area contributed by atoms with Gasteiger partial charge in [0.05, 0.1) is 30.3 Å². The zero-order chi connectivity index (χ0) is 34.4. The number of amides is 2. The van der Waals surface area contributed by atoms with Crippen molar-refractivity contribution in [1.29, 1.82) is 0 Å². The Hall–Kier alpha value is -5.10. The number of piperazine rings is 1. The van der Waals surface area contributed by atoms with E-state index >= 15 is 0 Å². The molecule has 3 fully saturated rings. The maximum absolute atomic E-state index is 14.1. The van der Waals surface area contributed by atoms with Crippen molar-refractivity contribution in [3.05, 3.63) is 83.8 Å². The number of ether oxygens (including phenoxy) is 1. The number of aromatic nitrogens is 4. The van der Waals surface area contributed by atoms with Crippen molar-refractivity contribution >= 4 is 28.9 Å². The van der Waals surface area contributed by atoms with E-state index in [1.807, 2.05) is 67.2 Å². The third-order valence-electron chi connectivity index (χ3n) is 10.5. The van der Waals surface area contributed by atoms with Crippen molar-refractivity contribution in [3.8, 4) is 17.3 Å². The molecule has 1 atom stereocenters. The van der Waals surface area contributed by atoms with Gasteiger partial charge in [-0.05, 0) is 81.3 Å². The van der Waals surface area contributed by atoms with Crippen LogP contribution >= 0.6 is 0 Å². The van der Waals surface area contributed by atoms with Gasteiger partial charge in [0.2, 0.25) is 17.7 Å². The second-order valence-electron chi connectivity index (χ2n) is 14.2. The number of rotatable bonds is 8. The van der Waals surface area contributed by atoms with Crippen LogP contribution < -0.4 is 14.5 Å². The monoisotopic (exact) mass is 673 g/mol. The number of carbonyl (C=O) groups is 2. The molecule has 50 heavy (non-hydrogen) atoms. The molecule has 2 aromatic carbocycles. The van der Waals surface area contributed by atoms with Crippen molar-refractivity contribution in [1.82, 2.24) is 29.5 Å². The average molecular weight is 674 g/mol. The first-order chi connectivity index (χ1) is 24.2. The molecule has 2 aromatic heterocycles. The summed E-state index contributed by atoms with van der Waals surface area (Å²) in [5.74, 6) is 1.62. The molecule has 0 saturated carbocycles. The van der Waals surface area contributed by atoms with Crippen molar-refractivity contribution < 1.29 is 14.3 Å². The van der Waals surface area contributed by atoms with E-state index in [2.05, 4.69) is 49.1 Å². The maximum atomic E-state index is 14.1. The quantitative estimate of drug-likeness (QED) is 0.278. The molecule has 4 aliphatic rings. The number of anilines is 2. The molecule has 3 saturated heterocycles.